The van der Waals surface area contributed by atoms with E-state index in [4.69, 9.17) is 4.99 Å². The lowest BCUT2D eigenvalue weighted by Crippen LogP contribution is -2.47. The molecule has 1 aromatic carbocycles. The van der Waals surface area contributed by atoms with Gasteiger partial charge in [-0.15, -0.1) is 24.0 Å². The van der Waals surface area contributed by atoms with Crippen molar-refractivity contribution in [2.24, 2.45) is 10.9 Å². The molecule has 6 nitrogen and oxygen atoms in total. The van der Waals surface area contributed by atoms with Gasteiger partial charge in [0.2, 0.25) is 0 Å². The second-order valence-electron chi connectivity index (χ2n) is 7.84. The number of nitrogens with one attached hydrogen (secondary N) is 2. The Balaban J connectivity index is 0.00000280. The average Bonchev–Trinajstić information content (AvgIpc) is 3.15. The second kappa shape index (κ2) is 10.4. The van der Waals surface area contributed by atoms with Gasteiger partial charge in [0.25, 0.3) is 0 Å². The minimum absolute atomic E-state index is 0. The molecule has 0 bridgehead atoms. The molecule has 7 heteroatoms. The summed E-state index contributed by atoms with van der Waals surface area (Å²) in [7, 11) is 0. The fourth-order valence-corrected chi connectivity index (χ4v) is 3.85. The van der Waals surface area contributed by atoms with Gasteiger partial charge in [-0.05, 0) is 45.7 Å². The molecule has 2 atom stereocenters. The van der Waals surface area contributed by atoms with E-state index in [9.17, 15) is 0 Å². The molecule has 1 saturated heterocycles. The van der Waals surface area contributed by atoms with Crippen LogP contribution in [0.15, 0.2) is 29.3 Å². The van der Waals surface area contributed by atoms with Crippen molar-refractivity contribution < 1.29 is 0 Å². The Bertz CT molecular complexity index is 784. The van der Waals surface area contributed by atoms with Gasteiger partial charge in [0.15, 0.2) is 5.96 Å². The average molecular weight is 498 g/mol. The van der Waals surface area contributed by atoms with Crippen molar-refractivity contribution in [2.75, 3.05) is 26.2 Å². The number of nitrogens with zero attached hydrogens (tertiary/aromatic N) is 4. The highest BCUT2D eigenvalue weighted by molar-refractivity contribution is 14.0. The minimum Gasteiger partial charge on any atom is -0.357 e. The molecule has 0 radical (unpaired) electrons. The number of aliphatic imine (C=N–C) groups is 1. The van der Waals surface area contributed by atoms with E-state index in [1.54, 1.807) is 0 Å². The maximum Gasteiger partial charge on any atom is 0.191 e. The lowest BCUT2D eigenvalue weighted by Gasteiger charge is -2.22. The second-order valence-corrected chi connectivity index (χ2v) is 7.84. The summed E-state index contributed by atoms with van der Waals surface area (Å²) in [6.45, 7) is 15.7. The van der Waals surface area contributed by atoms with E-state index in [2.05, 4.69) is 77.9 Å². The van der Waals surface area contributed by atoms with Gasteiger partial charge in [0.05, 0.1) is 17.6 Å². The van der Waals surface area contributed by atoms with Gasteiger partial charge in [-0.2, -0.15) is 0 Å². The lowest BCUT2D eigenvalue weighted by atomic mass is 10.1. The van der Waals surface area contributed by atoms with Crippen molar-refractivity contribution in [1.82, 2.24) is 25.1 Å². The number of hydrogen-bond acceptors (Lipinski definition) is 3. The number of likely N-dealkylation sites (tertiary alicyclic amines) is 1. The van der Waals surface area contributed by atoms with Crippen LogP contribution in [0.25, 0.3) is 11.0 Å². The van der Waals surface area contributed by atoms with Crippen LogP contribution < -0.4 is 10.6 Å². The zero-order chi connectivity index (χ0) is 19.4. The topological polar surface area (TPSA) is 57.5 Å². The van der Waals surface area contributed by atoms with Crippen LogP contribution in [0.3, 0.4) is 0 Å². The van der Waals surface area contributed by atoms with Gasteiger partial charge in [-0.25, -0.2) is 4.98 Å². The van der Waals surface area contributed by atoms with E-state index in [0.717, 1.165) is 50.0 Å². The van der Waals surface area contributed by atoms with Crippen molar-refractivity contribution in [1.29, 1.82) is 0 Å². The van der Waals surface area contributed by atoms with E-state index in [0.29, 0.717) is 18.0 Å². The number of benzene rings is 1. The molecule has 1 aliphatic rings. The molecule has 1 aliphatic heterocycles. The highest BCUT2D eigenvalue weighted by Crippen LogP contribution is 2.18. The van der Waals surface area contributed by atoms with Crippen LogP contribution in [-0.4, -0.2) is 58.7 Å². The fourth-order valence-electron chi connectivity index (χ4n) is 3.85. The summed E-state index contributed by atoms with van der Waals surface area (Å²) < 4.78 is 2.25. The quantitative estimate of drug-likeness (QED) is 0.365. The third-order valence-electron chi connectivity index (χ3n) is 5.48. The Labute approximate surface area is 186 Å². The molecule has 0 saturated carbocycles. The maximum atomic E-state index is 4.83. The smallest absolute Gasteiger partial charge is 0.191 e. The highest BCUT2D eigenvalue weighted by atomic mass is 127. The number of aryl methyl sites for hydroxylation is 1. The molecular formula is C21H35IN6. The first-order chi connectivity index (χ1) is 13.0. The number of imidazole rings is 1. The summed E-state index contributed by atoms with van der Waals surface area (Å²) in [5.74, 6) is 2.58. The maximum absolute atomic E-state index is 4.83. The summed E-state index contributed by atoms with van der Waals surface area (Å²) in [6.07, 6.45) is 0. The van der Waals surface area contributed by atoms with Crippen LogP contribution in [0.4, 0.5) is 0 Å². The normalized spacial score (nSPS) is 20.6. The molecule has 1 fully saturated rings. The zero-order valence-electron chi connectivity index (χ0n) is 17.8. The summed E-state index contributed by atoms with van der Waals surface area (Å²) in [6, 6.07) is 9.33. The molecule has 1 aromatic heterocycles. The summed E-state index contributed by atoms with van der Waals surface area (Å²) in [4.78, 5) is 12.0. The fraction of sp³-hybridized carbons (Fsp3) is 0.619. The number of hydrogen-bond donors (Lipinski definition) is 2. The Morgan fingerprint density at radius 2 is 2.04 bits per heavy atom. The third kappa shape index (κ3) is 5.37. The molecule has 3 rings (SSSR count). The summed E-state index contributed by atoms with van der Waals surface area (Å²) in [5.41, 5.74) is 2.23. The number of rotatable bonds is 6. The third-order valence-corrected chi connectivity index (χ3v) is 5.48. The predicted octanol–water partition coefficient (Wildman–Crippen LogP) is 3.25. The molecule has 2 unspecified atom stereocenters. The van der Waals surface area contributed by atoms with Crippen LogP contribution in [0.2, 0.25) is 0 Å². The standard InChI is InChI=1S/C21H34N6.HI/c1-6-22-21(25-19-14-26(15(2)3)13-16(19)4)23-11-12-27-17(5)24-18-9-7-8-10-20(18)27;/h7-10,15-16,19H,6,11-14H2,1-5H3,(H2,22,23,25);1H. The summed E-state index contributed by atoms with van der Waals surface area (Å²) >= 11 is 0. The number of guanidine groups is 1. The first-order valence-corrected chi connectivity index (χ1v) is 10.2. The van der Waals surface area contributed by atoms with Crippen molar-refractivity contribution >= 4 is 41.0 Å². The SMILES string of the molecule is CCNC(=NCCn1c(C)nc2ccccc21)NC1CN(C(C)C)CC1C.I. The van der Waals surface area contributed by atoms with Crippen molar-refractivity contribution in [3.05, 3.63) is 30.1 Å². The highest BCUT2D eigenvalue weighted by Gasteiger charge is 2.31. The number of aromatic nitrogens is 2. The monoisotopic (exact) mass is 498 g/mol. The largest absolute Gasteiger partial charge is 0.357 e. The molecular weight excluding hydrogens is 463 g/mol. The zero-order valence-corrected chi connectivity index (χ0v) is 20.1. The molecule has 0 aliphatic carbocycles. The van der Waals surface area contributed by atoms with E-state index >= 15 is 0 Å². The van der Waals surface area contributed by atoms with Crippen LogP contribution in [0.5, 0.6) is 0 Å². The van der Waals surface area contributed by atoms with Crippen LogP contribution >= 0.6 is 24.0 Å². The van der Waals surface area contributed by atoms with E-state index in [1.807, 2.05) is 6.07 Å². The van der Waals surface area contributed by atoms with E-state index in [1.165, 1.54) is 5.52 Å². The van der Waals surface area contributed by atoms with Crippen molar-refractivity contribution in [2.45, 2.75) is 53.2 Å². The Kier molecular flexibility index (Phi) is 8.55. The molecule has 2 aromatic rings. The van der Waals surface area contributed by atoms with E-state index in [-0.39, 0.29) is 24.0 Å². The number of halogens is 1. The Hall–Kier alpha value is -1.35. The molecule has 28 heavy (non-hydrogen) atoms. The van der Waals surface area contributed by atoms with Gasteiger partial charge in [-0.3, -0.25) is 9.89 Å². The number of fused-ring (bicyclic) bond motifs is 1. The van der Waals surface area contributed by atoms with Crippen molar-refractivity contribution in [3.8, 4) is 0 Å². The minimum atomic E-state index is 0. The molecule has 156 valence electrons. The predicted molar refractivity (Wildman–Crippen MR) is 129 cm³/mol. The van der Waals surface area contributed by atoms with Crippen LogP contribution in [-0.2, 0) is 6.54 Å². The first-order valence-electron chi connectivity index (χ1n) is 10.2. The van der Waals surface area contributed by atoms with Gasteiger partial charge in [0.1, 0.15) is 5.82 Å². The van der Waals surface area contributed by atoms with Crippen molar-refractivity contribution in [3.63, 3.8) is 0 Å². The van der Waals surface area contributed by atoms with Crippen LogP contribution in [0.1, 0.15) is 33.5 Å². The lowest BCUT2D eigenvalue weighted by molar-refractivity contribution is 0.265. The van der Waals surface area contributed by atoms with E-state index < -0.39 is 0 Å². The Morgan fingerprint density at radius 3 is 2.71 bits per heavy atom. The molecule has 0 amide bonds. The first kappa shape index (κ1) is 22.9. The number of para-hydroxylation sites is 2. The van der Waals surface area contributed by atoms with Gasteiger partial charge >= 0.3 is 0 Å². The Morgan fingerprint density at radius 1 is 1.29 bits per heavy atom. The molecule has 2 heterocycles. The van der Waals surface area contributed by atoms with Crippen LogP contribution in [0, 0.1) is 12.8 Å². The van der Waals surface area contributed by atoms with Gasteiger partial charge in [0, 0.05) is 38.3 Å². The molecule has 2 N–H and O–H groups in total. The molecule has 0 spiro atoms. The van der Waals surface area contributed by atoms with Gasteiger partial charge < -0.3 is 15.2 Å². The summed E-state index contributed by atoms with van der Waals surface area (Å²) in [5, 5.41) is 7.06. The van der Waals surface area contributed by atoms with Gasteiger partial charge in [-0.1, -0.05) is 19.1 Å².